The first kappa shape index (κ1) is 15.0. The molecule has 4 rings (SSSR count). The van der Waals surface area contributed by atoms with Crippen LogP contribution in [0.15, 0.2) is 12.1 Å². The van der Waals surface area contributed by atoms with E-state index in [0.29, 0.717) is 24.8 Å². The number of phenols is 1. The second-order valence-corrected chi connectivity index (χ2v) is 7.23. The molecule has 23 heavy (non-hydrogen) atoms. The topological polar surface area (TPSA) is 87.0 Å². The number of carbonyl (C=O) groups is 1. The van der Waals surface area contributed by atoms with Crippen molar-refractivity contribution in [1.29, 1.82) is 0 Å². The van der Waals surface area contributed by atoms with Crippen molar-refractivity contribution in [1.82, 2.24) is 0 Å². The lowest BCUT2D eigenvalue weighted by atomic mass is 9.48. The molecule has 1 fully saturated rings. The number of hydrogen-bond acceptors (Lipinski definition) is 5. The predicted octanol–water partition coefficient (Wildman–Crippen LogP) is 1.45. The van der Waals surface area contributed by atoms with Gasteiger partial charge >= 0.3 is 0 Å². The summed E-state index contributed by atoms with van der Waals surface area (Å²) in [6.07, 6.45) is -0.253. The minimum absolute atomic E-state index is 0.0365. The molecule has 1 aromatic carbocycles. The Labute approximate surface area is 134 Å². The third kappa shape index (κ3) is 1.48. The SMILES string of the molecule is CC[C@@H](O)[C@]12c3c4ccc(O)c3O[C@H]1C(=O)CC[C@@]2(O)[C@H](C)C4. The lowest BCUT2D eigenvalue weighted by Gasteiger charge is -2.57. The van der Waals surface area contributed by atoms with Crippen LogP contribution in [0, 0.1) is 5.92 Å². The van der Waals surface area contributed by atoms with Crippen LogP contribution in [0.5, 0.6) is 11.5 Å². The van der Waals surface area contributed by atoms with Crippen LogP contribution in [-0.2, 0) is 16.6 Å². The van der Waals surface area contributed by atoms with Crippen LogP contribution >= 0.6 is 0 Å². The minimum atomic E-state index is -1.22. The molecule has 0 radical (unpaired) electrons. The molecule has 0 unspecified atom stereocenters. The number of ether oxygens (including phenoxy) is 1. The van der Waals surface area contributed by atoms with Crippen LogP contribution in [0.1, 0.15) is 44.2 Å². The van der Waals surface area contributed by atoms with Gasteiger partial charge in [-0.3, -0.25) is 4.79 Å². The van der Waals surface area contributed by atoms with Gasteiger partial charge in [0.05, 0.1) is 17.1 Å². The van der Waals surface area contributed by atoms with Crippen LogP contribution in [0.4, 0.5) is 0 Å². The Morgan fingerprint density at radius 1 is 1.43 bits per heavy atom. The van der Waals surface area contributed by atoms with E-state index in [4.69, 9.17) is 4.74 Å². The fourth-order valence-corrected chi connectivity index (χ4v) is 5.22. The normalized spacial score (nSPS) is 38.9. The lowest BCUT2D eigenvalue weighted by Crippen LogP contribution is -2.72. The monoisotopic (exact) mass is 318 g/mol. The van der Waals surface area contributed by atoms with E-state index in [0.717, 1.165) is 5.56 Å². The molecule has 0 amide bonds. The highest BCUT2D eigenvalue weighted by molar-refractivity contribution is 5.90. The van der Waals surface area contributed by atoms with Crippen LogP contribution < -0.4 is 4.74 Å². The highest BCUT2D eigenvalue weighted by atomic mass is 16.5. The number of hydrogen-bond donors (Lipinski definition) is 3. The van der Waals surface area contributed by atoms with Gasteiger partial charge in [0.2, 0.25) is 0 Å². The zero-order valence-corrected chi connectivity index (χ0v) is 13.4. The number of carbonyl (C=O) groups excluding carboxylic acids is 1. The minimum Gasteiger partial charge on any atom is -0.504 e. The Balaban J connectivity index is 2.11. The van der Waals surface area contributed by atoms with Crippen molar-refractivity contribution in [2.45, 2.75) is 62.8 Å². The van der Waals surface area contributed by atoms with Crippen molar-refractivity contribution < 1.29 is 24.9 Å². The molecule has 0 saturated heterocycles. The lowest BCUT2D eigenvalue weighted by molar-refractivity contribution is -0.186. The van der Waals surface area contributed by atoms with Crippen LogP contribution in [-0.4, -0.2) is 38.9 Å². The van der Waals surface area contributed by atoms with Crippen molar-refractivity contribution in [3.63, 3.8) is 0 Å². The van der Waals surface area contributed by atoms with Crippen molar-refractivity contribution >= 4 is 5.78 Å². The molecule has 1 heterocycles. The maximum absolute atomic E-state index is 12.6. The Morgan fingerprint density at radius 2 is 2.17 bits per heavy atom. The fourth-order valence-electron chi connectivity index (χ4n) is 5.22. The van der Waals surface area contributed by atoms with E-state index in [1.807, 2.05) is 19.9 Å². The number of aliphatic hydroxyl groups excluding tert-OH is 1. The number of Topliss-reactive ketones (excluding diaryl/α,β-unsaturated/α-hetero) is 1. The zero-order chi connectivity index (χ0) is 16.6. The van der Waals surface area contributed by atoms with E-state index in [2.05, 4.69) is 0 Å². The molecule has 1 aromatic rings. The standard InChI is InChI=1S/C18H22O5/c1-3-13(21)18-14-10-4-5-11(19)15(14)23-16(18)12(20)6-7-17(18,22)9(2)8-10/h4-5,9,13,16,19,21-22H,3,6-8H2,1-2H3/t9-,13-,16+,17-,18+/m1/s1. The number of aromatic hydroxyl groups is 1. The summed E-state index contributed by atoms with van der Waals surface area (Å²) in [5, 5.41) is 32.8. The first-order chi connectivity index (χ1) is 10.9. The molecule has 5 heteroatoms. The second-order valence-electron chi connectivity index (χ2n) is 7.23. The summed E-state index contributed by atoms with van der Waals surface area (Å²) in [5.41, 5.74) is -0.809. The van der Waals surface area contributed by atoms with E-state index >= 15 is 0 Å². The number of rotatable bonds is 2. The number of ketones is 1. The first-order valence-corrected chi connectivity index (χ1v) is 8.33. The summed E-state index contributed by atoms with van der Waals surface area (Å²) >= 11 is 0. The van der Waals surface area contributed by atoms with Gasteiger partial charge in [0.15, 0.2) is 23.4 Å². The average Bonchev–Trinajstić information content (AvgIpc) is 2.92. The third-order valence-corrected chi connectivity index (χ3v) is 6.30. The Bertz CT molecular complexity index is 699. The summed E-state index contributed by atoms with van der Waals surface area (Å²) in [4.78, 5) is 12.6. The molecule has 5 nitrogen and oxygen atoms in total. The summed E-state index contributed by atoms with van der Waals surface area (Å²) in [7, 11) is 0. The van der Waals surface area contributed by atoms with Crippen molar-refractivity contribution in [2.24, 2.45) is 5.92 Å². The van der Waals surface area contributed by atoms with Gasteiger partial charge in [-0.2, -0.15) is 0 Å². The maximum Gasteiger partial charge on any atom is 0.174 e. The zero-order valence-electron chi connectivity index (χ0n) is 13.4. The second kappa shape index (κ2) is 4.48. The summed E-state index contributed by atoms with van der Waals surface area (Å²) < 4.78 is 5.87. The first-order valence-electron chi connectivity index (χ1n) is 8.33. The molecule has 1 saturated carbocycles. The molecule has 124 valence electrons. The summed E-state index contributed by atoms with van der Waals surface area (Å²) in [6, 6.07) is 3.39. The average molecular weight is 318 g/mol. The Kier molecular flexibility index (Phi) is 2.92. The number of phenolic OH excluding ortho intramolecular Hbond substituents is 1. The molecule has 0 bridgehead atoms. The highest BCUT2D eigenvalue weighted by Crippen LogP contribution is 2.64. The third-order valence-electron chi connectivity index (χ3n) is 6.30. The molecule has 5 atom stereocenters. The van der Waals surface area contributed by atoms with Gasteiger partial charge in [-0.05, 0) is 36.8 Å². The Hall–Kier alpha value is -1.59. The number of benzene rings is 1. The number of aliphatic hydroxyl groups is 2. The van der Waals surface area contributed by atoms with E-state index in [1.54, 1.807) is 6.07 Å². The summed E-state index contributed by atoms with van der Waals surface area (Å²) in [6.45, 7) is 3.80. The Morgan fingerprint density at radius 3 is 2.87 bits per heavy atom. The molecular weight excluding hydrogens is 296 g/mol. The molecular formula is C18H22O5. The molecule has 3 aliphatic rings. The van der Waals surface area contributed by atoms with E-state index < -0.39 is 23.2 Å². The van der Waals surface area contributed by atoms with Gasteiger partial charge < -0.3 is 20.1 Å². The molecule has 2 aliphatic carbocycles. The molecule has 3 N–H and O–H groups in total. The van der Waals surface area contributed by atoms with Crippen molar-refractivity contribution in [3.8, 4) is 11.5 Å². The van der Waals surface area contributed by atoms with Crippen LogP contribution in [0.25, 0.3) is 0 Å². The van der Waals surface area contributed by atoms with Gasteiger partial charge in [0, 0.05) is 12.0 Å². The summed E-state index contributed by atoms with van der Waals surface area (Å²) in [5.74, 6) is 0.00910. The van der Waals surface area contributed by atoms with E-state index in [9.17, 15) is 20.1 Å². The van der Waals surface area contributed by atoms with Crippen molar-refractivity contribution in [3.05, 3.63) is 23.3 Å². The van der Waals surface area contributed by atoms with Gasteiger partial charge in [0.25, 0.3) is 0 Å². The smallest absolute Gasteiger partial charge is 0.174 e. The van der Waals surface area contributed by atoms with Crippen molar-refractivity contribution in [2.75, 3.05) is 0 Å². The highest BCUT2D eigenvalue weighted by Gasteiger charge is 2.72. The largest absolute Gasteiger partial charge is 0.504 e. The van der Waals surface area contributed by atoms with Crippen LogP contribution in [0.3, 0.4) is 0 Å². The maximum atomic E-state index is 12.6. The van der Waals surface area contributed by atoms with Crippen LogP contribution in [0.2, 0.25) is 0 Å². The van der Waals surface area contributed by atoms with E-state index in [-0.39, 0.29) is 29.6 Å². The van der Waals surface area contributed by atoms with E-state index in [1.165, 1.54) is 0 Å². The van der Waals surface area contributed by atoms with Gasteiger partial charge in [-0.25, -0.2) is 0 Å². The van der Waals surface area contributed by atoms with Gasteiger partial charge in [0.1, 0.15) is 0 Å². The molecule has 0 aromatic heterocycles. The molecule has 0 spiro atoms. The molecule has 1 aliphatic heterocycles. The quantitative estimate of drug-likeness (QED) is 0.768. The van der Waals surface area contributed by atoms with Gasteiger partial charge in [-0.1, -0.05) is 19.9 Å². The predicted molar refractivity (Wildman–Crippen MR) is 82.6 cm³/mol. The fraction of sp³-hybridized carbons (Fsp3) is 0.611. The van der Waals surface area contributed by atoms with Gasteiger partial charge in [-0.15, -0.1) is 0 Å².